The molecular weight excluding hydrogens is 248 g/mol. The fraction of sp³-hybridized carbons (Fsp3) is 0. The van der Waals surface area contributed by atoms with Gasteiger partial charge < -0.3 is 5.11 Å². The highest BCUT2D eigenvalue weighted by Crippen LogP contribution is 2.30. The van der Waals surface area contributed by atoms with Crippen LogP contribution in [0.4, 0.5) is 0 Å². The minimum atomic E-state index is -0.923. The van der Waals surface area contributed by atoms with Crippen molar-refractivity contribution in [1.82, 2.24) is 0 Å². The van der Waals surface area contributed by atoms with Crippen LogP contribution in [0.5, 0.6) is 0 Å². The maximum Gasteiger partial charge on any atom is 0.336 e. The van der Waals surface area contributed by atoms with Gasteiger partial charge in [0.05, 0.1) is 5.56 Å². The number of halogens is 1. The Balaban J connectivity index is 2.57. The lowest BCUT2D eigenvalue weighted by molar-refractivity contribution is 0.0699. The second-order valence-corrected chi connectivity index (χ2v) is 4.58. The van der Waals surface area contributed by atoms with E-state index in [1.807, 2.05) is 36.4 Å². The molecule has 0 saturated carbocycles. The van der Waals surface area contributed by atoms with E-state index in [0.717, 1.165) is 21.5 Å². The van der Waals surface area contributed by atoms with Gasteiger partial charge in [0.2, 0.25) is 0 Å². The van der Waals surface area contributed by atoms with Gasteiger partial charge in [-0.2, -0.15) is 0 Å². The Kier molecular flexibility index (Phi) is 2.46. The van der Waals surface area contributed by atoms with Crippen LogP contribution in [0.2, 0.25) is 5.02 Å². The number of carbonyl (C=O) groups is 1. The van der Waals surface area contributed by atoms with Gasteiger partial charge in [0.1, 0.15) is 0 Å². The Morgan fingerprint density at radius 2 is 1.67 bits per heavy atom. The molecule has 0 aliphatic carbocycles. The fourth-order valence-corrected chi connectivity index (χ4v) is 2.44. The number of benzene rings is 3. The third kappa shape index (κ3) is 1.62. The molecule has 0 aliphatic heterocycles. The van der Waals surface area contributed by atoms with E-state index in [9.17, 15) is 9.90 Å². The van der Waals surface area contributed by atoms with Crippen LogP contribution in [0.1, 0.15) is 10.4 Å². The predicted octanol–water partition coefficient (Wildman–Crippen LogP) is 4.34. The number of carboxylic acids is 1. The molecule has 0 atom stereocenters. The second kappa shape index (κ2) is 4.00. The lowest BCUT2D eigenvalue weighted by Gasteiger charge is -2.07. The summed E-state index contributed by atoms with van der Waals surface area (Å²) in [7, 11) is 0. The first kappa shape index (κ1) is 11.1. The van der Waals surface area contributed by atoms with Crippen molar-refractivity contribution in [3.63, 3.8) is 0 Å². The van der Waals surface area contributed by atoms with Gasteiger partial charge in [0.15, 0.2) is 0 Å². The molecule has 3 rings (SSSR count). The van der Waals surface area contributed by atoms with Crippen LogP contribution < -0.4 is 0 Å². The SMILES string of the molecule is O=C(O)c1cc2cc(Cl)ccc2c2ccccc12. The molecule has 88 valence electrons. The Morgan fingerprint density at radius 3 is 2.39 bits per heavy atom. The molecule has 0 saturated heterocycles. The van der Waals surface area contributed by atoms with E-state index in [1.165, 1.54) is 0 Å². The summed E-state index contributed by atoms with van der Waals surface area (Å²) in [4.78, 5) is 11.3. The van der Waals surface area contributed by atoms with Crippen LogP contribution >= 0.6 is 11.6 Å². The van der Waals surface area contributed by atoms with E-state index < -0.39 is 5.97 Å². The summed E-state index contributed by atoms with van der Waals surface area (Å²) in [6.07, 6.45) is 0. The van der Waals surface area contributed by atoms with Gasteiger partial charge in [0.25, 0.3) is 0 Å². The smallest absolute Gasteiger partial charge is 0.336 e. The minimum absolute atomic E-state index is 0.306. The number of carboxylic acid groups (broad SMARTS) is 1. The van der Waals surface area contributed by atoms with Crippen molar-refractivity contribution in [3.05, 3.63) is 59.1 Å². The number of hydrogen-bond acceptors (Lipinski definition) is 1. The van der Waals surface area contributed by atoms with E-state index in [2.05, 4.69) is 0 Å². The Bertz CT molecular complexity index is 778. The van der Waals surface area contributed by atoms with Crippen LogP contribution in [0, 0.1) is 0 Å². The van der Waals surface area contributed by atoms with Crippen molar-refractivity contribution in [1.29, 1.82) is 0 Å². The largest absolute Gasteiger partial charge is 0.478 e. The Labute approximate surface area is 108 Å². The van der Waals surface area contributed by atoms with Crippen LogP contribution in [0.3, 0.4) is 0 Å². The first-order valence-corrected chi connectivity index (χ1v) is 5.89. The topological polar surface area (TPSA) is 37.3 Å². The van der Waals surface area contributed by atoms with Crippen molar-refractivity contribution in [2.45, 2.75) is 0 Å². The van der Waals surface area contributed by atoms with Crippen molar-refractivity contribution >= 4 is 39.1 Å². The lowest BCUT2D eigenvalue weighted by Crippen LogP contribution is -1.97. The van der Waals surface area contributed by atoms with Crippen molar-refractivity contribution in [2.24, 2.45) is 0 Å². The van der Waals surface area contributed by atoms with Crippen LogP contribution in [-0.2, 0) is 0 Å². The Hall–Kier alpha value is -2.06. The zero-order valence-corrected chi connectivity index (χ0v) is 10.1. The van der Waals surface area contributed by atoms with E-state index in [-0.39, 0.29) is 0 Å². The summed E-state index contributed by atoms with van der Waals surface area (Å²) in [5.74, 6) is -0.923. The van der Waals surface area contributed by atoms with Crippen LogP contribution in [0.25, 0.3) is 21.5 Å². The third-order valence-corrected chi connectivity index (χ3v) is 3.29. The molecule has 1 N–H and O–H groups in total. The highest BCUT2D eigenvalue weighted by Gasteiger charge is 2.11. The molecule has 2 nitrogen and oxygen atoms in total. The number of fused-ring (bicyclic) bond motifs is 3. The number of aromatic carboxylic acids is 1. The molecular formula is C15H9ClO2. The normalized spacial score (nSPS) is 10.9. The molecule has 0 aromatic heterocycles. The molecule has 0 fully saturated rings. The molecule has 3 heteroatoms. The maximum absolute atomic E-state index is 11.3. The maximum atomic E-state index is 11.3. The summed E-state index contributed by atoms with van der Waals surface area (Å²) in [5.41, 5.74) is 0.306. The van der Waals surface area contributed by atoms with Gasteiger partial charge in [-0.15, -0.1) is 0 Å². The van der Waals surface area contributed by atoms with E-state index in [1.54, 1.807) is 12.1 Å². The lowest BCUT2D eigenvalue weighted by atomic mass is 9.97. The molecule has 0 spiro atoms. The highest BCUT2D eigenvalue weighted by molar-refractivity contribution is 6.31. The van der Waals surface area contributed by atoms with Gasteiger partial charge in [0, 0.05) is 5.02 Å². The third-order valence-electron chi connectivity index (χ3n) is 3.05. The second-order valence-electron chi connectivity index (χ2n) is 4.14. The van der Waals surface area contributed by atoms with Gasteiger partial charge >= 0.3 is 5.97 Å². The summed E-state index contributed by atoms with van der Waals surface area (Å²) < 4.78 is 0. The minimum Gasteiger partial charge on any atom is -0.478 e. The molecule has 0 bridgehead atoms. The van der Waals surface area contributed by atoms with E-state index >= 15 is 0 Å². The molecule has 0 unspecified atom stereocenters. The zero-order valence-electron chi connectivity index (χ0n) is 9.35. The summed E-state index contributed by atoms with van der Waals surface area (Å²) in [6, 6.07) is 14.7. The van der Waals surface area contributed by atoms with Gasteiger partial charge in [-0.05, 0) is 39.7 Å². The quantitative estimate of drug-likeness (QED) is 0.658. The average Bonchev–Trinajstić information content (AvgIpc) is 2.37. The molecule has 0 amide bonds. The Morgan fingerprint density at radius 1 is 0.944 bits per heavy atom. The predicted molar refractivity (Wildman–Crippen MR) is 73.4 cm³/mol. The van der Waals surface area contributed by atoms with Crippen molar-refractivity contribution in [3.8, 4) is 0 Å². The first-order chi connectivity index (χ1) is 8.66. The molecule has 18 heavy (non-hydrogen) atoms. The monoisotopic (exact) mass is 256 g/mol. The van der Waals surface area contributed by atoms with Gasteiger partial charge in [-0.25, -0.2) is 4.79 Å². The number of hydrogen-bond donors (Lipinski definition) is 1. The molecule has 3 aromatic rings. The molecule has 0 radical (unpaired) electrons. The van der Waals surface area contributed by atoms with Gasteiger partial charge in [-0.1, -0.05) is 41.9 Å². The average molecular weight is 257 g/mol. The zero-order chi connectivity index (χ0) is 12.7. The van der Waals surface area contributed by atoms with Gasteiger partial charge in [-0.3, -0.25) is 0 Å². The van der Waals surface area contributed by atoms with Crippen LogP contribution in [-0.4, -0.2) is 11.1 Å². The fourth-order valence-electron chi connectivity index (χ4n) is 2.26. The first-order valence-electron chi connectivity index (χ1n) is 5.51. The highest BCUT2D eigenvalue weighted by atomic mass is 35.5. The molecule has 3 aromatic carbocycles. The molecule has 0 heterocycles. The summed E-state index contributed by atoms with van der Waals surface area (Å²) >= 11 is 5.95. The van der Waals surface area contributed by atoms with Crippen LogP contribution in [0.15, 0.2) is 48.5 Å². The van der Waals surface area contributed by atoms with E-state index in [4.69, 9.17) is 11.6 Å². The standard InChI is InChI=1S/C15H9ClO2/c16-10-5-6-11-9(7-10)8-14(15(17)18)13-4-2-1-3-12(11)13/h1-8H,(H,17,18). The number of rotatable bonds is 1. The molecule has 0 aliphatic rings. The van der Waals surface area contributed by atoms with Crippen molar-refractivity contribution in [2.75, 3.05) is 0 Å². The summed E-state index contributed by atoms with van der Waals surface area (Å²) in [6.45, 7) is 0. The van der Waals surface area contributed by atoms with Crippen molar-refractivity contribution < 1.29 is 9.90 Å². The van der Waals surface area contributed by atoms with E-state index in [0.29, 0.717) is 10.6 Å². The summed E-state index contributed by atoms with van der Waals surface area (Å²) in [5, 5.41) is 13.4.